The maximum absolute atomic E-state index is 13.7. The Bertz CT molecular complexity index is 664. The maximum atomic E-state index is 13.7. The average molecular weight is 360 g/mol. The number of methoxy groups -OCH3 is 1. The smallest absolute Gasteiger partial charge is 0.162 e. The van der Waals surface area contributed by atoms with Crippen molar-refractivity contribution < 1.29 is 17.9 Å². The first-order valence-electron chi connectivity index (χ1n) is 6.15. The van der Waals surface area contributed by atoms with Gasteiger partial charge >= 0.3 is 0 Å². The van der Waals surface area contributed by atoms with Gasteiger partial charge in [-0.05, 0) is 40.0 Å². The third-order valence-electron chi connectivity index (χ3n) is 3.14. The monoisotopic (exact) mass is 359 g/mol. The fraction of sp³-hybridized carbons (Fsp3) is 0.200. The minimum atomic E-state index is -0.924. The lowest BCUT2D eigenvalue weighted by molar-refractivity contribution is 0.401. The van der Waals surface area contributed by atoms with Gasteiger partial charge in [0.2, 0.25) is 0 Å². The number of hydrogen-bond donors (Lipinski definition) is 1. The molecule has 0 saturated heterocycles. The molecule has 2 aromatic carbocycles. The minimum absolute atomic E-state index is 0.0675. The number of rotatable bonds is 4. The van der Waals surface area contributed by atoms with Gasteiger partial charge in [0, 0.05) is 17.7 Å². The molecule has 0 aliphatic carbocycles. The highest BCUT2D eigenvalue weighted by molar-refractivity contribution is 9.10. The molecule has 0 saturated carbocycles. The van der Waals surface area contributed by atoms with Crippen LogP contribution in [-0.2, 0) is 6.42 Å². The van der Waals surface area contributed by atoms with Crippen molar-refractivity contribution in [2.24, 2.45) is 5.73 Å². The van der Waals surface area contributed by atoms with Gasteiger partial charge in [0.25, 0.3) is 0 Å². The van der Waals surface area contributed by atoms with Crippen LogP contribution in [0.5, 0.6) is 5.75 Å². The SMILES string of the molecule is COc1cc(F)c(Br)cc1C(N)Cc1cccc(F)c1F. The third-order valence-corrected chi connectivity index (χ3v) is 3.75. The molecule has 2 N–H and O–H groups in total. The summed E-state index contributed by atoms with van der Waals surface area (Å²) in [6, 6.07) is 5.94. The third kappa shape index (κ3) is 3.39. The van der Waals surface area contributed by atoms with Crippen molar-refractivity contribution in [2.45, 2.75) is 12.5 Å². The van der Waals surface area contributed by atoms with Crippen LogP contribution in [0.4, 0.5) is 13.2 Å². The van der Waals surface area contributed by atoms with Gasteiger partial charge in [-0.2, -0.15) is 0 Å². The van der Waals surface area contributed by atoms with Crippen LogP contribution in [0.2, 0.25) is 0 Å². The van der Waals surface area contributed by atoms with E-state index in [1.54, 1.807) is 0 Å². The second-order valence-electron chi connectivity index (χ2n) is 4.53. The van der Waals surface area contributed by atoms with Crippen molar-refractivity contribution in [3.63, 3.8) is 0 Å². The zero-order valence-electron chi connectivity index (χ0n) is 11.2. The molecule has 0 bridgehead atoms. The van der Waals surface area contributed by atoms with Gasteiger partial charge in [0.15, 0.2) is 11.6 Å². The summed E-state index contributed by atoms with van der Waals surface area (Å²) >= 11 is 3.07. The van der Waals surface area contributed by atoms with E-state index >= 15 is 0 Å². The van der Waals surface area contributed by atoms with Crippen LogP contribution in [-0.4, -0.2) is 7.11 Å². The predicted octanol–water partition coefficient (Wildman–Crippen LogP) is 4.12. The Morgan fingerprint density at radius 3 is 2.57 bits per heavy atom. The van der Waals surface area contributed by atoms with Crippen molar-refractivity contribution in [1.29, 1.82) is 0 Å². The van der Waals surface area contributed by atoms with E-state index in [-0.39, 0.29) is 22.2 Å². The maximum Gasteiger partial charge on any atom is 0.162 e. The van der Waals surface area contributed by atoms with Crippen LogP contribution in [0.3, 0.4) is 0 Å². The predicted molar refractivity (Wildman–Crippen MR) is 77.6 cm³/mol. The van der Waals surface area contributed by atoms with E-state index in [0.717, 1.165) is 6.07 Å². The quantitative estimate of drug-likeness (QED) is 0.891. The van der Waals surface area contributed by atoms with E-state index in [9.17, 15) is 13.2 Å². The van der Waals surface area contributed by atoms with Gasteiger partial charge in [-0.3, -0.25) is 0 Å². The number of nitrogens with two attached hydrogens (primary N) is 1. The zero-order valence-corrected chi connectivity index (χ0v) is 12.8. The fourth-order valence-corrected chi connectivity index (χ4v) is 2.42. The Balaban J connectivity index is 2.34. The topological polar surface area (TPSA) is 35.2 Å². The normalized spacial score (nSPS) is 12.3. The molecule has 1 atom stereocenters. The molecule has 0 aliphatic heterocycles. The van der Waals surface area contributed by atoms with Crippen LogP contribution in [0.25, 0.3) is 0 Å². The molecule has 6 heteroatoms. The average Bonchev–Trinajstić information content (AvgIpc) is 2.46. The van der Waals surface area contributed by atoms with Crippen LogP contribution in [0, 0.1) is 17.5 Å². The van der Waals surface area contributed by atoms with Crippen molar-refractivity contribution in [1.82, 2.24) is 0 Å². The van der Waals surface area contributed by atoms with E-state index in [1.807, 2.05) is 0 Å². The molecule has 2 nitrogen and oxygen atoms in total. The Hall–Kier alpha value is -1.53. The Kier molecular flexibility index (Phi) is 4.90. The highest BCUT2D eigenvalue weighted by atomic mass is 79.9. The molecule has 0 fully saturated rings. The van der Waals surface area contributed by atoms with E-state index in [4.69, 9.17) is 10.5 Å². The number of hydrogen-bond acceptors (Lipinski definition) is 2. The van der Waals surface area contributed by atoms with Crippen molar-refractivity contribution >= 4 is 15.9 Å². The fourth-order valence-electron chi connectivity index (χ4n) is 2.06. The molecule has 1 unspecified atom stereocenters. The first-order valence-corrected chi connectivity index (χ1v) is 6.94. The zero-order chi connectivity index (χ0) is 15.6. The van der Waals surface area contributed by atoms with Crippen LogP contribution < -0.4 is 10.5 Å². The van der Waals surface area contributed by atoms with Gasteiger partial charge < -0.3 is 10.5 Å². The number of benzene rings is 2. The Morgan fingerprint density at radius 1 is 1.19 bits per heavy atom. The highest BCUT2D eigenvalue weighted by Crippen LogP contribution is 2.31. The molecule has 2 rings (SSSR count). The molecule has 2 aromatic rings. The largest absolute Gasteiger partial charge is 0.496 e. The summed E-state index contributed by atoms with van der Waals surface area (Å²) in [7, 11) is 1.39. The number of halogens is 4. The van der Waals surface area contributed by atoms with Crippen molar-refractivity contribution in [3.8, 4) is 5.75 Å². The molecule has 21 heavy (non-hydrogen) atoms. The summed E-state index contributed by atoms with van der Waals surface area (Å²) in [6.07, 6.45) is 0.0675. The summed E-state index contributed by atoms with van der Waals surface area (Å²) in [5.41, 5.74) is 6.70. The standard InChI is InChI=1S/C15H13BrF3NO/c1-21-14-7-12(18)10(16)6-9(14)13(20)5-8-3-2-4-11(17)15(8)19/h2-4,6-7,13H,5,20H2,1H3. The van der Waals surface area contributed by atoms with Gasteiger partial charge in [-0.25, -0.2) is 13.2 Å². The molecule has 0 aliphatic rings. The summed E-state index contributed by atoms with van der Waals surface area (Å²) in [5, 5.41) is 0. The van der Waals surface area contributed by atoms with E-state index < -0.39 is 23.5 Å². The van der Waals surface area contributed by atoms with Crippen LogP contribution in [0.1, 0.15) is 17.2 Å². The molecule has 0 heterocycles. The van der Waals surface area contributed by atoms with Gasteiger partial charge in [0.05, 0.1) is 11.6 Å². The second kappa shape index (κ2) is 6.49. The molecule has 0 aromatic heterocycles. The molecule has 0 amide bonds. The van der Waals surface area contributed by atoms with Crippen molar-refractivity contribution in [2.75, 3.05) is 7.11 Å². The van der Waals surface area contributed by atoms with Gasteiger partial charge in [0.1, 0.15) is 11.6 Å². The van der Waals surface area contributed by atoms with Gasteiger partial charge in [-0.1, -0.05) is 12.1 Å². The number of ether oxygens (including phenoxy) is 1. The van der Waals surface area contributed by atoms with Crippen LogP contribution >= 0.6 is 15.9 Å². The molecular weight excluding hydrogens is 347 g/mol. The van der Waals surface area contributed by atoms with Crippen LogP contribution in [0.15, 0.2) is 34.8 Å². The van der Waals surface area contributed by atoms with E-state index in [0.29, 0.717) is 5.56 Å². The molecular formula is C15H13BrF3NO. The molecule has 0 spiro atoms. The van der Waals surface area contributed by atoms with E-state index in [2.05, 4.69) is 15.9 Å². The first kappa shape index (κ1) is 15.9. The lowest BCUT2D eigenvalue weighted by atomic mass is 9.98. The second-order valence-corrected chi connectivity index (χ2v) is 5.39. The Labute approximate surface area is 128 Å². The molecule has 0 radical (unpaired) electrons. The molecule has 112 valence electrons. The van der Waals surface area contributed by atoms with Crippen molar-refractivity contribution in [3.05, 3.63) is 63.4 Å². The summed E-state index contributed by atoms with van der Waals surface area (Å²) in [5.74, 6) is -2.07. The summed E-state index contributed by atoms with van der Waals surface area (Å²) in [4.78, 5) is 0. The van der Waals surface area contributed by atoms with Gasteiger partial charge in [-0.15, -0.1) is 0 Å². The lowest BCUT2D eigenvalue weighted by Gasteiger charge is -2.17. The summed E-state index contributed by atoms with van der Waals surface area (Å²) in [6.45, 7) is 0. The Morgan fingerprint density at radius 2 is 1.90 bits per heavy atom. The first-order chi connectivity index (χ1) is 9.93. The lowest BCUT2D eigenvalue weighted by Crippen LogP contribution is -2.16. The minimum Gasteiger partial charge on any atom is -0.496 e. The summed E-state index contributed by atoms with van der Waals surface area (Å²) < 4.78 is 45.7. The van der Waals surface area contributed by atoms with E-state index in [1.165, 1.54) is 31.4 Å². The highest BCUT2D eigenvalue weighted by Gasteiger charge is 2.18.